The van der Waals surface area contributed by atoms with Crippen molar-refractivity contribution < 1.29 is 14.6 Å². The van der Waals surface area contributed by atoms with Crippen molar-refractivity contribution in [2.24, 2.45) is 0 Å². The van der Waals surface area contributed by atoms with E-state index in [1.807, 2.05) is 11.8 Å². The molecule has 0 unspecified atom stereocenters. The average molecular weight is 346 g/mol. The topological polar surface area (TPSA) is 73.8 Å². The highest BCUT2D eigenvalue weighted by molar-refractivity contribution is 7.99. The summed E-state index contributed by atoms with van der Waals surface area (Å²) in [5.41, 5.74) is 0.127. The molecule has 0 aromatic heterocycles. The first kappa shape index (κ1) is 18.8. The van der Waals surface area contributed by atoms with Crippen LogP contribution >= 0.6 is 11.8 Å². The number of urea groups is 1. The van der Waals surface area contributed by atoms with E-state index in [4.69, 9.17) is 4.74 Å². The molecule has 3 N–H and O–H groups in total. The van der Waals surface area contributed by atoms with Gasteiger partial charge in [-0.05, 0) is 12.8 Å². The van der Waals surface area contributed by atoms with Gasteiger partial charge in [-0.3, -0.25) is 4.90 Å². The zero-order valence-corrected chi connectivity index (χ0v) is 15.0. The van der Waals surface area contributed by atoms with Crippen molar-refractivity contribution in [3.63, 3.8) is 0 Å². The molecule has 0 aromatic carbocycles. The number of hydrogen-bond acceptors (Lipinski definition) is 5. The Balaban J connectivity index is 1.82. The molecule has 2 amide bonds. The highest BCUT2D eigenvalue weighted by Gasteiger charge is 2.38. The summed E-state index contributed by atoms with van der Waals surface area (Å²) in [6.07, 6.45) is 5.49. The Kier molecular flexibility index (Phi) is 7.95. The number of carbonyl (C=O) groups is 1. The Morgan fingerprint density at radius 2 is 1.96 bits per heavy atom. The molecule has 7 heteroatoms. The van der Waals surface area contributed by atoms with Crippen LogP contribution in [0.15, 0.2) is 0 Å². The smallest absolute Gasteiger partial charge is 0.314 e. The number of carbonyl (C=O) groups excluding carboxylic acids is 1. The van der Waals surface area contributed by atoms with Crippen LogP contribution in [-0.4, -0.2) is 79.1 Å². The van der Waals surface area contributed by atoms with Crippen LogP contribution in [0.25, 0.3) is 0 Å². The van der Waals surface area contributed by atoms with Gasteiger partial charge >= 0.3 is 6.03 Å². The van der Waals surface area contributed by atoms with Gasteiger partial charge in [-0.1, -0.05) is 19.3 Å². The number of amides is 2. The second kappa shape index (κ2) is 9.71. The standard InChI is InChI=1S/C16H31N3O3S/c1-22-12-14(20)11-17-15(21)18-13-16(5-3-2-4-6-16)19-7-9-23-10-8-19/h14,20H,2-13H2,1H3,(H2,17,18,21)/t14-/m1/s1. The predicted molar refractivity (Wildman–Crippen MR) is 94.0 cm³/mol. The Morgan fingerprint density at radius 3 is 2.61 bits per heavy atom. The third-order valence-electron chi connectivity index (χ3n) is 4.90. The monoisotopic (exact) mass is 345 g/mol. The maximum absolute atomic E-state index is 12.0. The first-order chi connectivity index (χ1) is 11.2. The number of aliphatic hydroxyl groups is 1. The summed E-state index contributed by atoms with van der Waals surface area (Å²) in [6.45, 7) is 3.40. The Morgan fingerprint density at radius 1 is 1.26 bits per heavy atom. The Bertz CT molecular complexity index is 358. The van der Waals surface area contributed by atoms with Crippen molar-refractivity contribution in [1.29, 1.82) is 0 Å². The minimum absolute atomic E-state index is 0.127. The maximum Gasteiger partial charge on any atom is 0.314 e. The molecule has 0 bridgehead atoms. The maximum atomic E-state index is 12.0. The molecule has 2 aliphatic rings. The van der Waals surface area contributed by atoms with E-state index in [1.54, 1.807) is 0 Å². The summed E-state index contributed by atoms with van der Waals surface area (Å²) in [7, 11) is 1.53. The molecule has 2 rings (SSSR count). The lowest BCUT2D eigenvalue weighted by Gasteiger charge is -2.48. The van der Waals surface area contributed by atoms with E-state index < -0.39 is 6.10 Å². The quantitative estimate of drug-likeness (QED) is 0.643. The molecule has 0 radical (unpaired) electrons. The third kappa shape index (κ3) is 5.81. The van der Waals surface area contributed by atoms with Crippen molar-refractivity contribution in [1.82, 2.24) is 15.5 Å². The van der Waals surface area contributed by atoms with Gasteiger partial charge in [0.15, 0.2) is 0 Å². The number of hydrogen-bond donors (Lipinski definition) is 3. The van der Waals surface area contributed by atoms with Gasteiger partial charge in [0, 0.05) is 50.3 Å². The number of nitrogens with one attached hydrogen (secondary N) is 2. The van der Waals surface area contributed by atoms with E-state index in [-0.39, 0.29) is 24.7 Å². The molecule has 1 atom stereocenters. The van der Waals surface area contributed by atoms with Crippen LogP contribution in [0.1, 0.15) is 32.1 Å². The van der Waals surface area contributed by atoms with Crippen molar-refractivity contribution in [2.45, 2.75) is 43.7 Å². The fraction of sp³-hybridized carbons (Fsp3) is 0.938. The Hall–Kier alpha value is -0.500. The number of thioether (sulfide) groups is 1. The molecule has 1 aliphatic heterocycles. The molecule has 1 saturated heterocycles. The first-order valence-electron chi connectivity index (χ1n) is 8.68. The Labute approximate surface area is 143 Å². The van der Waals surface area contributed by atoms with Gasteiger partial charge < -0.3 is 20.5 Å². The second-order valence-electron chi connectivity index (χ2n) is 6.56. The molecule has 1 heterocycles. The minimum Gasteiger partial charge on any atom is -0.389 e. The molecule has 1 saturated carbocycles. The minimum atomic E-state index is -0.659. The van der Waals surface area contributed by atoms with Crippen molar-refractivity contribution in [3.05, 3.63) is 0 Å². The second-order valence-corrected chi connectivity index (χ2v) is 7.78. The summed E-state index contributed by atoms with van der Waals surface area (Å²) in [5.74, 6) is 2.38. The fourth-order valence-electron chi connectivity index (χ4n) is 3.62. The van der Waals surface area contributed by atoms with Crippen LogP contribution in [0.4, 0.5) is 4.79 Å². The zero-order valence-electron chi connectivity index (χ0n) is 14.2. The molecule has 23 heavy (non-hydrogen) atoms. The number of methoxy groups -OCH3 is 1. The van der Waals surface area contributed by atoms with Gasteiger partial charge in [0.05, 0.1) is 12.7 Å². The van der Waals surface area contributed by atoms with Gasteiger partial charge in [0.2, 0.25) is 0 Å². The summed E-state index contributed by atoms with van der Waals surface area (Å²) in [6, 6.07) is -0.198. The summed E-state index contributed by atoms with van der Waals surface area (Å²) in [5, 5.41) is 15.4. The SMILES string of the molecule is COC[C@H](O)CNC(=O)NCC1(N2CCSCC2)CCCCC1. The van der Waals surface area contributed by atoms with E-state index in [0.29, 0.717) is 6.54 Å². The van der Waals surface area contributed by atoms with Gasteiger partial charge in [0.1, 0.15) is 0 Å². The predicted octanol–water partition coefficient (Wildman–Crippen LogP) is 1.04. The lowest BCUT2D eigenvalue weighted by atomic mass is 9.80. The highest BCUT2D eigenvalue weighted by Crippen LogP contribution is 2.34. The number of ether oxygens (including phenoxy) is 1. The number of rotatable bonds is 7. The van der Waals surface area contributed by atoms with E-state index in [9.17, 15) is 9.90 Å². The van der Waals surface area contributed by atoms with E-state index in [0.717, 1.165) is 13.1 Å². The lowest BCUT2D eigenvalue weighted by Crippen LogP contribution is -2.59. The first-order valence-corrected chi connectivity index (χ1v) is 9.83. The van der Waals surface area contributed by atoms with Crippen LogP contribution in [0.2, 0.25) is 0 Å². The van der Waals surface area contributed by atoms with Gasteiger partial charge in [-0.25, -0.2) is 4.79 Å². The summed E-state index contributed by atoms with van der Waals surface area (Å²) >= 11 is 2.02. The van der Waals surface area contributed by atoms with E-state index in [1.165, 1.54) is 50.7 Å². The van der Waals surface area contributed by atoms with Crippen LogP contribution in [0, 0.1) is 0 Å². The largest absolute Gasteiger partial charge is 0.389 e. The summed E-state index contributed by atoms with van der Waals surface area (Å²) in [4.78, 5) is 14.6. The van der Waals surface area contributed by atoms with E-state index in [2.05, 4.69) is 15.5 Å². The average Bonchev–Trinajstić information content (AvgIpc) is 2.60. The normalized spacial score (nSPS) is 23.2. The molecule has 2 fully saturated rings. The van der Waals surface area contributed by atoms with Crippen molar-refractivity contribution in [3.8, 4) is 0 Å². The molecular formula is C16H31N3O3S. The molecule has 134 valence electrons. The van der Waals surface area contributed by atoms with Crippen LogP contribution in [0.3, 0.4) is 0 Å². The zero-order chi connectivity index (χ0) is 16.5. The van der Waals surface area contributed by atoms with E-state index >= 15 is 0 Å². The van der Waals surface area contributed by atoms with Crippen molar-refractivity contribution >= 4 is 17.8 Å². The molecule has 1 aliphatic carbocycles. The van der Waals surface area contributed by atoms with Gasteiger partial charge in [-0.15, -0.1) is 0 Å². The lowest BCUT2D eigenvalue weighted by molar-refractivity contribution is 0.0586. The molecule has 0 aromatic rings. The number of aliphatic hydroxyl groups excluding tert-OH is 1. The third-order valence-corrected chi connectivity index (χ3v) is 5.84. The van der Waals surface area contributed by atoms with Crippen LogP contribution in [0.5, 0.6) is 0 Å². The molecule has 6 nitrogen and oxygen atoms in total. The molecular weight excluding hydrogens is 314 g/mol. The van der Waals surface area contributed by atoms with Crippen molar-refractivity contribution in [2.75, 3.05) is 51.4 Å². The molecule has 0 spiro atoms. The van der Waals surface area contributed by atoms with Crippen LogP contribution < -0.4 is 10.6 Å². The summed E-state index contributed by atoms with van der Waals surface area (Å²) < 4.78 is 4.86. The van der Waals surface area contributed by atoms with Gasteiger partial charge in [-0.2, -0.15) is 11.8 Å². The highest BCUT2D eigenvalue weighted by atomic mass is 32.2. The van der Waals surface area contributed by atoms with Crippen LogP contribution in [-0.2, 0) is 4.74 Å². The fourth-order valence-corrected chi connectivity index (χ4v) is 4.52. The number of nitrogens with zero attached hydrogens (tertiary/aromatic N) is 1. The van der Waals surface area contributed by atoms with Gasteiger partial charge in [0.25, 0.3) is 0 Å².